The molecule has 0 unspecified atom stereocenters. The first-order valence-electron chi connectivity index (χ1n) is 11.2. The van der Waals surface area contributed by atoms with Gasteiger partial charge in [-0.2, -0.15) is 0 Å². The number of benzene rings is 2. The molecule has 9 nitrogen and oxygen atoms in total. The molecule has 0 saturated carbocycles. The number of nitrogens with one attached hydrogen (secondary N) is 1. The summed E-state index contributed by atoms with van der Waals surface area (Å²) < 4.78 is 30.0. The van der Waals surface area contributed by atoms with Crippen LogP contribution in [0.2, 0.25) is 5.02 Å². The molecule has 1 N–H and O–H groups in total. The van der Waals surface area contributed by atoms with Gasteiger partial charge in [-0.05, 0) is 36.4 Å². The van der Waals surface area contributed by atoms with Gasteiger partial charge in [0.05, 0.1) is 18.9 Å². The average molecular weight is 506 g/mol. The van der Waals surface area contributed by atoms with Crippen molar-refractivity contribution in [1.29, 1.82) is 0 Å². The van der Waals surface area contributed by atoms with Crippen LogP contribution in [0.5, 0.6) is 11.5 Å². The molecule has 0 spiro atoms. The van der Waals surface area contributed by atoms with Gasteiger partial charge in [0.2, 0.25) is 5.91 Å². The van der Waals surface area contributed by atoms with E-state index in [9.17, 15) is 18.8 Å². The zero-order chi connectivity index (χ0) is 24.8. The van der Waals surface area contributed by atoms with Crippen molar-refractivity contribution in [3.05, 3.63) is 52.8 Å². The smallest absolute Gasteiger partial charge is 0.265 e. The molecular formula is C24H25ClFN3O6. The fraction of sp³-hybridized carbons (Fsp3) is 0.375. The van der Waals surface area contributed by atoms with E-state index >= 15 is 0 Å². The second-order valence-electron chi connectivity index (χ2n) is 8.04. The number of carbonyl (C=O) groups excluding carboxylic acids is 3. The number of ketones is 1. The normalized spacial score (nSPS) is 15.8. The van der Waals surface area contributed by atoms with Crippen LogP contribution in [-0.4, -0.2) is 81.6 Å². The number of carbonyl (C=O) groups is 3. The van der Waals surface area contributed by atoms with Crippen molar-refractivity contribution in [2.45, 2.75) is 0 Å². The zero-order valence-corrected chi connectivity index (χ0v) is 19.7. The Morgan fingerprint density at radius 2 is 1.94 bits per heavy atom. The van der Waals surface area contributed by atoms with E-state index < -0.39 is 24.1 Å². The van der Waals surface area contributed by atoms with Gasteiger partial charge in [-0.3, -0.25) is 24.2 Å². The Balaban J connectivity index is 1.38. The average Bonchev–Trinajstić information content (AvgIpc) is 2.85. The van der Waals surface area contributed by atoms with Gasteiger partial charge in [-0.25, -0.2) is 4.39 Å². The van der Waals surface area contributed by atoms with E-state index in [-0.39, 0.29) is 35.4 Å². The van der Waals surface area contributed by atoms with Gasteiger partial charge in [0.15, 0.2) is 30.6 Å². The van der Waals surface area contributed by atoms with Gasteiger partial charge in [-0.15, -0.1) is 0 Å². The molecule has 2 amide bonds. The molecule has 1 saturated heterocycles. The number of amides is 2. The van der Waals surface area contributed by atoms with E-state index in [1.54, 1.807) is 6.07 Å². The van der Waals surface area contributed by atoms with Crippen molar-refractivity contribution in [3.8, 4) is 11.5 Å². The van der Waals surface area contributed by atoms with Crippen LogP contribution < -0.4 is 19.7 Å². The minimum atomic E-state index is -0.680. The monoisotopic (exact) mass is 505 g/mol. The number of morpholine rings is 1. The summed E-state index contributed by atoms with van der Waals surface area (Å²) in [6.45, 7) is 3.28. The van der Waals surface area contributed by atoms with Crippen LogP contribution in [0.15, 0.2) is 36.4 Å². The number of hydrogen-bond donors (Lipinski definition) is 1. The largest absolute Gasteiger partial charge is 0.482 e. The molecule has 2 aromatic rings. The maximum absolute atomic E-state index is 13.9. The maximum atomic E-state index is 13.9. The highest BCUT2D eigenvalue weighted by molar-refractivity contribution is 6.30. The van der Waals surface area contributed by atoms with Gasteiger partial charge in [0.1, 0.15) is 12.3 Å². The quantitative estimate of drug-likeness (QED) is 0.520. The fourth-order valence-electron chi connectivity index (χ4n) is 3.75. The summed E-state index contributed by atoms with van der Waals surface area (Å²) in [4.78, 5) is 41.2. The number of rotatable bonds is 9. The minimum Gasteiger partial charge on any atom is -0.482 e. The summed E-state index contributed by atoms with van der Waals surface area (Å²) in [5.74, 6) is -1.56. The lowest BCUT2D eigenvalue weighted by molar-refractivity contribution is -0.125. The van der Waals surface area contributed by atoms with Crippen LogP contribution in [0.3, 0.4) is 0 Å². The molecule has 2 heterocycles. The van der Waals surface area contributed by atoms with Crippen LogP contribution in [0.25, 0.3) is 0 Å². The van der Waals surface area contributed by atoms with Crippen LogP contribution in [0, 0.1) is 5.82 Å². The molecular weight excluding hydrogens is 481 g/mol. The Labute approximate surface area is 206 Å². The molecule has 1 fully saturated rings. The number of fused-ring (bicyclic) bond motifs is 1. The zero-order valence-electron chi connectivity index (χ0n) is 18.9. The summed E-state index contributed by atoms with van der Waals surface area (Å²) in [5.41, 5.74) is 0.544. The van der Waals surface area contributed by atoms with E-state index in [1.165, 1.54) is 29.2 Å². The Morgan fingerprint density at radius 1 is 1.14 bits per heavy atom. The minimum absolute atomic E-state index is 0.102. The molecule has 0 aromatic heterocycles. The Hall–Kier alpha value is -3.21. The van der Waals surface area contributed by atoms with Gasteiger partial charge >= 0.3 is 0 Å². The predicted molar refractivity (Wildman–Crippen MR) is 126 cm³/mol. The Morgan fingerprint density at radius 3 is 2.71 bits per heavy atom. The summed E-state index contributed by atoms with van der Waals surface area (Å²) in [7, 11) is 0. The lowest BCUT2D eigenvalue weighted by Gasteiger charge is -2.29. The van der Waals surface area contributed by atoms with E-state index in [1.807, 2.05) is 0 Å². The number of nitrogens with zero attached hydrogens (tertiary/aromatic N) is 2. The van der Waals surface area contributed by atoms with E-state index in [4.69, 9.17) is 25.8 Å². The SMILES string of the molecule is O=C(CN1C(=O)COc2ccc(C(=O)COc3ccc(Cl)cc3F)cc21)NCCN1CCOCC1. The topological polar surface area (TPSA) is 97.4 Å². The lowest BCUT2D eigenvalue weighted by atomic mass is 10.1. The van der Waals surface area contributed by atoms with Crippen molar-refractivity contribution in [1.82, 2.24) is 10.2 Å². The van der Waals surface area contributed by atoms with Crippen LogP contribution in [-0.2, 0) is 14.3 Å². The van der Waals surface area contributed by atoms with Crippen LogP contribution in [0.1, 0.15) is 10.4 Å². The Bertz CT molecular complexity index is 1110. The van der Waals surface area contributed by atoms with Gasteiger partial charge in [-0.1, -0.05) is 11.6 Å². The molecule has 4 rings (SSSR count). The van der Waals surface area contributed by atoms with Gasteiger partial charge in [0.25, 0.3) is 5.91 Å². The Kier molecular flexibility index (Phi) is 8.17. The van der Waals surface area contributed by atoms with E-state index in [0.29, 0.717) is 37.7 Å². The predicted octanol–water partition coefficient (Wildman–Crippen LogP) is 1.91. The van der Waals surface area contributed by atoms with Crippen molar-refractivity contribution in [2.24, 2.45) is 0 Å². The number of halogens is 2. The second-order valence-corrected chi connectivity index (χ2v) is 8.48. The molecule has 35 heavy (non-hydrogen) atoms. The molecule has 186 valence electrons. The maximum Gasteiger partial charge on any atom is 0.265 e. The number of hydrogen-bond acceptors (Lipinski definition) is 7. The summed E-state index contributed by atoms with van der Waals surface area (Å²) in [6, 6.07) is 8.44. The third-order valence-corrected chi connectivity index (χ3v) is 5.87. The van der Waals surface area contributed by atoms with Crippen molar-refractivity contribution in [3.63, 3.8) is 0 Å². The molecule has 2 aliphatic heterocycles. The first-order chi connectivity index (χ1) is 16.9. The molecule has 11 heteroatoms. The first kappa shape index (κ1) is 24.9. The molecule has 2 aromatic carbocycles. The first-order valence-corrected chi connectivity index (χ1v) is 11.5. The lowest BCUT2D eigenvalue weighted by Crippen LogP contribution is -2.47. The highest BCUT2D eigenvalue weighted by atomic mass is 35.5. The molecule has 0 radical (unpaired) electrons. The van der Waals surface area contributed by atoms with Crippen LogP contribution in [0.4, 0.5) is 10.1 Å². The highest BCUT2D eigenvalue weighted by Gasteiger charge is 2.28. The highest BCUT2D eigenvalue weighted by Crippen LogP contribution is 2.33. The standard InChI is InChI=1S/C24H25ClFN3O6/c25-17-2-4-21(18(26)12-17)34-14-20(30)16-1-3-22-19(11-16)29(24(32)15-35-22)13-23(31)27-5-6-28-7-9-33-10-8-28/h1-4,11-12H,5-10,13-15H2,(H,27,31). The van der Waals surface area contributed by atoms with E-state index in [0.717, 1.165) is 19.2 Å². The van der Waals surface area contributed by atoms with Gasteiger partial charge < -0.3 is 19.5 Å². The van der Waals surface area contributed by atoms with Crippen LogP contribution >= 0.6 is 11.6 Å². The number of anilines is 1. The third-order valence-electron chi connectivity index (χ3n) is 5.63. The summed E-state index contributed by atoms with van der Waals surface area (Å²) >= 11 is 5.73. The molecule has 0 atom stereocenters. The molecule has 2 aliphatic rings. The van der Waals surface area contributed by atoms with Crippen molar-refractivity contribution < 1.29 is 33.0 Å². The third kappa shape index (κ3) is 6.47. The molecule has 0 bridgehead atoms. The summed E-state index contributed by atoms with van der Waals surface area (Å²) in [5, 5.41) is 3.04. The van der Waals surface area contributed by atoms with Gasteiger partial charge in [0, 0.05) is 36.8 Å². The van der Waals surface area contributed by atoms with E-state index in [2.05, 4.69) is 10.2 Å². The fourth-order valence-corrected chi connectivity index (χ4v) is 3.90. The second kappa shape index (κ2) is 11.5. The van der Waals surface area contributed by atoms with Crippen molar-refractivity contribution >= 4 is 34.9 Å². The molecule has 0 aliphatic carbocycles. The number of Topliss-reactive ketones (excluding diaryl/α,β-unsaturated/α-hetero) is 1. The summed E-state index contributed by atoms with van der Waals surface area (Å²) in [6.07, 6.45) is 0. The van der Waals surface area contributed by atoms with Crippen molar-refractivity contribution in [2.75, 3.05) is 64.1 Å². The number of ether oxygens (including phenoxy) is 3.